The number of carbonyl (C=O) groups excluding carboxylic acids is 1. The van der Waals surface area contributed by atoms with Crippen molar-refractivity contribution in [3.8, 4) is 5.69 Å². The van der Waals surface area contributed by atoms with Gasteiger partial charge in [0.15, 0.2) is 0 Å². The molecule has 1 aliphatic carbocycles. The molecule has 1 saturated carbocycles. The molecule has 0 saturated heterocycles. The molecule has 5 heteroatoms. The van der Waals surface area contributed by atoms with Crippen molar-refractivity contribution in [2.45, 2.75) is 19.8 Å². The number of hydrogen-bond donors (Lipinski definition) is 1. The predicted molar refractivity (Wildman–Crippen MR) is 71.2 cm³/mol. The second kappa shape index (κ2) is 4.84. The fraction of sp³-hybridized carbons (Fsp3) is 0.357. The largest absolute Gasteiger partial charge is 0.349 e. The van der Waals surface area contributed by atoms with E-state index >= 15 is 0 Å². The minimum atomic E-state index is -0.197. The quantitative estimate of drug-likeness (QED) is 0.906. The molecular formula is C14H16N4O. The molecule has 1 amide bonds. The van der Waals surface area contributed by atoms with Gasteiger partial charge in [-0.25, -0.2) is 9.67 Å². The molecule has 5 nitrogen and oxygen atoms in total. The fourth-order valence-electron chi connectivity index (χ4n) is 1.83. The number of rotatable bonds is 4. The molecular weight excluding hydrogens is 240 g/mol. The SMILES string of the molecule is Cc1ccc(-n2cnc(C(=O)NCC3CC3)n2)cc1. The molecule has 1 aliphatic rings. The predicted octanol–water partition coefficient (Wildman–Crippen LogP) is 1.72. The maximum Gasteiger partial charge on any atom is 0.290 e. The van der Waals surface area contributed by atoms with Crippen molar-refractivity contribution < 1.29 is 4.79 Å². The third-order valence-electron chi connectivity index (χ3n) is 3.24. The third-order valence-corrected chi connectivity index (χ3v) is 3.24. The van der Waals surface area contributed by atoms with Gasteiger partial charge in [-0.3, -0.25) is 4.79 Å². The van der Waals surface area contributed by atoms with Crippen LogP contribution in [0.5, 0.6) is 0 Å². The van der Waals surface area contributed by atoms with Gasteiger partial charge < -0.3 is 5.32 Å². The molecule has 3 rings (SSSR count). The van der Waals surface area contributed by atoms with Crippen LogP contribution in [0, 0.1) is 12.8 Å². The Kier molecular flexibility index (Phi) is 3.03. The highest BCUT2D eigenvalue weighted by Gasteiger charge is 2.22. The van der Waals surface area contributed by atoms with E-state index in [-0.39, 0.29) is 11.7 Å². The molecule has 1 fully saturated rings. The molecule has 1 aromatic carbocycles. The third kappa shape index (κ3) is 2.81. The van der Waals surface area contributed by atoms with Gasteiger partial charge in [0.05, 0.1) is 5.69 Å². The second-order valence-electron chi connectivity index (χ2n) is 5.00. The van der Waals surface area contributed by atoms with E-state index in [1.807, 2.05) is 31.2 Å². The first-order chi connectivity index (χ1) is 9.22. The molecule has 2 aromatic rings. The summed E-state index contributed by atoms with van der Waals surface area (Å²) in [6, 6.07) is 7.92. The van der Waals surface area contributed by atoms with E-state index in [0.29, 0.717) is 5.92 Å². The first kappa shape index (κ1) is 11.9. The highest BCUT2D eigenvalue weighted by Crippen LogP contribution is 2.27. The van der Waals surface area contributed by atoms with Crippen LogP contribution >= 0.6 is 0 Å². The summed E-state index contributed by atoms with van der Waals surface area (Å²) < 4.78 is 1.62. The van der Waals surface area contributed by atoms with Gasteiger partial charge in [-0.05, 0) is 37.8 Å². The first-order valence-electron chi connectivity index (χ1n) is 6.49. The van der Waals surface area contributed by atoms with Gasteiger partial charge in [-0.2, -0.15) is 0 Å². The van der Waals surface area contributed by atoms with E-state index < -0.39 is 0 Å². The highest BCUT2D eigenvalue weighted by atomic mass is 16.2. The van der Waals surface area contributed by atoms with Gasteiger partial charge >= 0.3 is 0 Å². The molecule has 19 heavy (non-hydrogen) atoms. The zero-order valence-corrected chi connectivity index (χ0v) is 10.8. The summed E-state index contributed by atoms with van der Waals surface area (Å²) in [5.41, 5.74) is 2.09. The molecule has 0 radical (unpaired) electrons. The Morgan fingerprint density at radius 1 is 1.37 bits per heavy atom. The standard InChI is InChI=1S/C14H16N4O/c1-10-2-6-12(7-3-10)18-9-16-13(17-18)14(19)15-8-11-4-5-11/h2-3,6-7,9,11H,4-5,8H2,1H3,(H,15,19). The Labute approximate surface area is 111 Å². The normalized spacial score (nSPS) is 14.4. The smallest absolute Gasteiger partial charge is 0.290 e. The summed E-state index contributed by atoms with van der Waals surface area (Å²) in [5.74, 6) is 0.683. The zero-order chi connectivity index (χ0) is 13.2. The first-order valence-corrected chi connectivity index (χ1v) is 6.49. The van der Waals surface area contributed by atoms with Crippen LogP contribution in [0.4, 0.5) is 0 Å². The summed E-state index contributed by atoms with van der Waals surface area (Å²) in [6.07, 6.45) is 3.99. The molecule has 0 bridgehead atoms. The minimum Gasteiger partial charge on any atom is -0.349 e. The van der Waals surface area contributed by atoms with Gasteiger partial charge in [0, 0.05) is 6.54 Å². The summed E-state index contributed by atoms with van der Waals surface area (Å²) in [6.45, 7) is 2.76. The van der Waals surface area contributed by atoms with Crippen LogP contribution in [-0.4, -0.2) is 27.2 Å². The van der Waals surface area contributed by atoms with E-state index in [4.69, 9.17) is 0 Å². The number of carbonyl (C=O) groups is 1. The van der Waals surface area contributed by atoms with Crippen molar-refractivity contribution in [3.05, 3.63) is 42.0 Å². The zero-order valence-electron chi connectivity index (χ0n) is 10.8. The number of nitrogens with one attached hydrogen (secondary N) is 1. The minimum absolute atomic E-state index is 0.197. The van der Waals surface area contributed by atoms with E-state index in [1.54, 1.807) is 11.0 Å². The Morgan fingerprint density at radius 2 is 2.11 bits per heavy atom. The van der Waals surface area contributed by atoms with Crippen LogP contribution in [0.2, 0.25) is 0 Å². The highest BCUT2D eigenvalue weighted by molar-refractivity contribution is 5.90. The van der Waals surface area contributed by atoms with Crippen LogP contribution in [0.1, 0.15) is 29.0 Å². The van der Waals surface area contributed by atoms with Crippen molar-refractivity contribution in [2.24, 2.45) is 5.92 Å². The Morgan fingerprint density at radius 3 is 2.79 bits per heavy atom. The molecule has 0 unspecified atom stereocenters. The van der Waals surface area contributed by atoms with Gasteiger partial charge in [-0.15, -0.1) is 5.10 Å². The topological polar surface area (TPSA) is 59.8 Å². The molecule has 1 heterocycles. The number of aromatic nitrogens is 3. The van der Waals surface area contributed by atoms with E-state index in [1.165, 1.54) is 18.4 Å². The van der Waals surface area contributed by atoms with Gasteiger partial charge in [-0.1, -0.05) is 17.7 Å². The maximum absolute atomic E-state index is 11.8. The van der Waals surface area contributed by atoms with Crippen molar-refractivity contribution >= 4 is 5.91 Å². The monoisotopic (exact) mass is 256 g/mol. The van der Waals surface area contributed by atoms with Gasteiger partial charge in [0.2, 0.25) is 5.82 Å². The maximum atomic E-state index is 11.8. The van der Waals surface area contributed by atoms with Crippen molar-refractivity contribution in [1.29, 1.82) is 0 Å². The van der Waals surface area contributed by atoms with Crippen LogP contribution < -0.4 is 5.32 Å². The molecule has 0 atom stereocenters. The summed E-state index contributed by atoms with van der Waals surface area (Å²) in [7, 11) is 0. The number of amides is 1. The van der Waals surface area contributed by atoms with Crippen LogP contribution in [0.3, 0.4) is 0 Å². The summed E-state index contributed by atoms with van der Waals surface area (Å²) in [5, 5.41) is 7.06. The van der Waals surface area contributed by atoms with E-state index in [2.05, 4.69) is 15.4 Å². The van der Waals surface area contributed by atoms with Gasteiger partial charge in [0.1, 0.15) is 6.33 Å². The second-order valence-corrected chi connectivity index (χ2v) is 5.00. The lowest BCUT2D eigenvalue weighted by molar-refractivity contribution is 0.0941. The average molecular weight is 256 g/mol. The van der Waals surface area contributed by atoms with Crippen LogP contribution in [-0.2, 0) is 0 Å². The summed E-state index contributed by atoms with van der Waals surface area (Å²) >= 11 is 0. The Hall–Kier alpha value is -2.17. The molecule has 0 spiro atoms. The van der Waals surface area contributed by atoms with Gasteiger partial charge in [0.25, 0.3) is 5.91 Å². The Bertz CT molecular complexity index is 584. The molecule has 98 valence electrons. The molecule has 1 aromatic heterocycles. The van der Waals surface area contributed by atoms with Crippen molar-refractivity contribution in [1.82, 2.24) is 20.1 Å². The Balaban J connectivity index is 1.71. The average Bonchev–Trinajstić information content (AvgIpc) is 3.12. The summed E-state index contributed by atoms with van der Waals surface area (Å²) in [4.78, 5) is 15.9. The lowest BCUT2D eigenvalue weighted by atomic mass is 10.2. The molecule has 1 N–H and O–H groups in total. The number of hydrogen-bond acceptors (Lipinski definition) is 3. The lowest BCUT2D eigenvalue weighted by Gasteiger charge is -2.01. The number of nitrogens with zero attached hydrogens (tertiary/aromatic N) is 3. The number of benzene rings is 1. The number of aryl methyl sites for hydroxylation is 1. The van der Waals surface area contributed by atoms with Crippen molar-refractivity contribution in [2.75, 3.05) is 6.54 Å². The van der Waals surface area contributed by atoms with E-state index in [0.717, 1.165) is 12.2 Å². The van der Waals surface area contributed by atoms with E-state index in [9.17, 15) is 4.79 Å². The molecule has 0 aliphatic heterocycles. The van der Waals surface area contributed by atoms with Crippen LogP contribution in [0.25, 0.3) is 5.69 Å². The van der Waals surface area contributed by atoms with Crippen molar-refractivity contribution in [3.63, 3.8) is 0 Å². The van der Waals surface area contributed by atoms with Crippen LogP contribution in [0.15, 0.2) is 30.6 Å². The fourth-order valence-corrected chi connectivity index (χ4v) is 1.83. The lowest BCUT2D eigenvalue weighted by Crippen LogP contribution is -2.26.